The lowest BCUT2D eigenvalue weighted by molar-refractivity contribution is 0.0597. The first-order chi connectivity index (χ1) is 11.0. The van der Waals surface area contributed by atoms with Crippen molar-refractivity contribution in [3.8, 4) is 11.8 Å². The Kier molecular flexibility index (Phi) is 4.19. The summed E-state index contributed by atoms with van der Waals surface area (Å²) in [4.78, 5) is 14.6. The Bertz CT molecular complexity index is 876. The molecule has 0 amide bonds. The van der Waals surface area contributed by atoms with Crippen LogP contribution in [-0.2, 0) is 4.74 Å². The van der Waals surface area contributed by atoms with Crippen molar-refractivity contribution >= 4 is 44.6 Å². The molecule has 3 heterocycles. The molecule has 0 fully saturated rings. The Labute approximate surface area is 149 Å². The first-order valence-corrected chi connectivity index (χ1v) is 9.00. The molecule has 0 saturated carbocycles. The number of nitriles is 1. The van der Waals surface area contributed by atoms with Gasteiger partial charge in [-0.05, 0) is 28.9 Å². The molecule has 1 atom stereocenters. The maximum Gasteiger partial charge on any atom is 0.342 e. The minimum Gasteiger partial charge on any atom is -0.465 e. The zero-order chi connectivity index (χ0) is 16.7. The number of nitrogens with two attached hydrogens (primary N) is 1. The molecule has 2 N–H and O–H groups in total. The SMILES string of the molecule is COC(=O)c1c(C)sc2c1OC(N)=C(C#N)C2c1cc(Br)cs1. The highest BCUT2D eigenvalue weighted by molar-refractivity contribution is 9.10. The number of allylic oxidation sites excluding steroid dienone is 1. The lowest BCUT2D eigenvalue weighted by atomic mass is 9.93. The predicted molar refractivity (Wildman–Crippen MR) is 91.7 cm³/mol. The molecule has 0 aliphatic carbocycles. The molecule has 2 aromatic rings. The molecular formula is C15H11BrN2O3S2. The van der Waals surface area contributed by atoms with Gasteiger partial charge in [0.05, 0.1) is 17.9 Å². The van der Waals surface area contributed by atoms with Crippen molar-refractivity contribution in [1.82, 2.24) is 0 Å². The van der Waals surface area contributed by atoms with E-state index in [9.17, 15) is 10.1 Å². The predicted octanol–water partition coefficient (Wildman–Crippen LogP) is 3.89. The first kappa shape index (κ1) is 16.1. The number of esters is 1. The number of rotatable bonds is 2. The molecule has 0 aromatic carbocycles. The molecule has 1 aliphatic rings. The minimum absolute atomic E-state index is 0.0254. The number of hydrogen-bond donors (Lipinski definition) is 1. The topological polar surface area (TPSA) is 85.3 Å². The van der Waals surface area contributed by atoms with E-state index in [0.29, 0.717) is 16.9 Å². The van der Waals surface area contributed by atoms with E-state index >= 15 is 0 Å². The van der Waals surface area contributed by atoms with Crippen molar-refractivity contribution in [2.45, 2.75) is 12.8 Å². The quantitative estimate of drug-likeness (QED) is 0.758. The Morgan fingerprint density at radius 3 is 2.87 bits per heavy atom. The van der Waals surface area contributed by atoms with Crippen LogP contribution in [0, 0.1) is 18.3 Å². The van der Waals surface area contributed by atoms with Crippen LogP contribution in [0.3, 0.4) is 0 Å². The summed E-state index contributed by atoms with van der Waals surface area (Å²) in [6.07, 6.45) is 0. The van der Waals surface area contributed by atoms with Crippen molar-refractivity contribution in [3.63, 3.8) is 0 Å². The highest BCUT2D eigenvalue weighted by Crippen LogP contribution is 2.50. The number of thiophene rings is 2. The molecule has 1 aliphatic heterocycles. The molecule has 118 valence electrons. The number of methoxy groups -OCH3 is 1. The number of aryl methyl sites for hydroxylation is 1. The largest absolute Gasteiger partial charge is 0.465 e. The molecule has 3 rings (SSSR count). The van der Waals surface area contributed by atoms with Gasteiger partial charge in [0.25, 0.3) is 0 Å². The summed E-state index contributed by atoms with van der Waals surface area (Å²) in [7, 11) is 1.32. The average molecular weight is 411 g/mol. The van der Waals surface area contributed by atoms with Gasteiger partial charge in [-0.15, -0.1) is 22.7 Å². The first-order valence-electron chi connectivity index (χ1n) is 6.51. The number of carbonyl (C=O) groups excluding carboxylic acids is 1. The summed E-state index contributed by atoms with van der Waals surface area (Å²) < 4.78 is 11.4. The van der Waals surface area contributed by atoms with E-state index in [1.807, 2.05) is 18.4 Å². The van der Waals surface area contributed by atoms with Crippen molar-refractivity contribution in [2.24, 2.45) is 5.73 Å². The van der Waals surface area contributed by atoms with Gasteiger partial charge in [0, 0.05) is 19.6 Å². The molecule has 5 nitrogen and oxygen atoms in total. The Hall–Kier alpha value is -1.82. The monoisotopic (exact) mass is 410 g/mol. The van der Waals surface area contributed by atoms with E-state index in [0.717, 1.165) is 19.1 Å². The molecule has 0 spiro atoms. The van der Waals surface area contributed by atoms with Gasteiger partial charge in [-0.3, -0.25) is 0 Å². The van der Waals surface area contributed by atoms with E-state index in [-0.39, 0.29) is 11.8 Å². The van der Waals surface area contributed by atoms with Crippen LogP contribution in [0.2, 0.25) is 0 Å². The fraction of sp³-hybridized carbons (Fsp3) is 0.200. The van der Waals surface area contributed by atoms with Gasteiger partial charge >= 0.3 is 5.97 Å². The third-order valence-electron chi connectivity index (χ3n) is 3.48. The van der Waals surface area contributed by atoms with Crippen LogP contribution in [0.25, 0.3) is 0 Å². The number of carbonyl (C=O) groups is 1. The third-order valence-corrected chi connectivity index (χ3v) is 6.39. The van der Waals surface area contributed by atoms with Gasteiger partial charge in [-0.1, -0.05) is 0 Å². The zero-order valence-electron chi connectivity index (χ0n) is 12.2. The summed E-state index contributed by atoms with van der Waals surface area (Å²) in [6, 6.07) is 4.08. The van der Waals surface area contributed by atoms with Gasteiger partial charge in [-0.2, -0.15) is 5.26 Å². The lowest BCUT2D eigenvalue weighted by Gasteiger charge is -2.22. The van der Waals surface area contributed by atoms with Crippen molar-refractivity contribution in [3.05, 3.63) is 47.6 Å². The summed E-state index contributed by atoms with van der Waals surface area (Å²) in [5.74, 6) is -0.385. The van der Waals surface area contributed by atoms with Crippen LogP contribution < -0.4 is 10.5 Å². The Morgan fingerprint density at radius 1 is 1.57 bits per heavy atom. The third kappa shape index (κ3) is 2.55. The Morgan fingerprint density at radius 2 is 2.30 bits per heavy atom. The van der Waals surface area contributed by atoms with Gasteiger partial charge in [-0.25, -0.2) is 4.79 Å². The maximum absolute atomic E-state index is 12.1. The van der Waals surface area contributed by atoms with Gasteiger partial charge < -0.3 is 15.2 Å². The second kappa shape index (κ2) is 6.00. The molecule has 23 heavy (non-hydrogen) atoms. The van der Waals surface area contributed by atoms with E-state index in [2.05, 4.69) is 22.0 Å². The van der Waals surface area contributed by atoms with Crippen LogP contribution in [0.5, 0.6) is 5.75 Å². The highest BCUT2D eigenvalue weighted by Gasteiger charge is 2.37. The number of fused-ring (bicyclic) bond motifs is 1. The van der Waals surface area contributed by atoms with Crippen molar-refractivity contribution in [2.75, 3.05) is 7.11 Å². The summed E-state index contributed by atoms with van der Waals surface area (Å²) in [5.41, 5.74) is 6.66. The van der Waals surface area contributed by atoms with Crippen LogP contribution in [-0.4, -0.2) is 13.1 Å². The van der Waals surface area contributed by atoms with Crippen molar-refractivity contribution < 1.29 is 14.3 Å². The lowest BCUT2D eigenvalue weighted by Crippen LogP contribution is -2.20. The summed E-state index contributed by atoms with van der Waals surface area (Å²) >= 11 is 6.36. The van der Waals surface area contributed by atoms with Crippen LogP contribution in [0.4, 0.5) is 0 Å². The van der Waals surface area contributed by atoms with Gasteiger partial charge in [0.2, 0.25) is 5.88 Å². The standard InChI is InChI=1S/C15H11BrN2O3S2/c1-6-10(15(19)20-2)12-13(23-6)11(8(4-17)14(18)21-12)9-3-7(16)5-22-9/h3,5,11H,18H2,1-2H3. The molecule has 0 bridgehead atoms. The number of ether oxygens (including phenoxy) is 2. The number of hydrogen-bond acceptors (Lipinski definition) is 7. The molecule has 1 unspecified atom stereocenters. The summed E-state index contributed by atoms with van der Waals surface area (Å²) in [5, 5.41) is 11.4. The van der Waals surface area contributed by atoms with E-state index in [1.165, 1.54) is 29.8 Å². The molecule has 0 radical (unpaired) electrons. The van der Waals surface area contributed by atoms with Gasteiger partial charge in [0.15, 0.2) is 5.75 Å². The second-order valence-electron chi connectivity index (χ2n) is 4.81. The van der Waals surface area contributed by atoms with Gasteiger partial charge in [0.1, 0.15) is 17.2 Å². The van der Waals surface area contributed by atoms with Crippen LogP contribution in [0.15, 0.2) is 27.4 Å². The van der Waals surface area contributed by atoms with E-state index in [4.69, 9.17) is 15.2 Å². The minimum atomic E-state index is -0.473. The Balaban J connectivity index is 2.24. The fourth-order valence-electron chi connectivity index (χ4n) is 2.48. The van der Waals surface area contributed by atoms with E-state index in [1.54, 1.807) is 0 Å². The highest BCUT2D eigenvalue weighted by atomic mass is 79.9. The smallest absolute Gasteiger partial charge is 0.342 e. The average Bonchev–Trinajstić information content (AvgIpc) is 3.08. The maximum atomic E-state index is 12.1. The molecule has 2 aromatic heterocycles. The summed E-state index contributed by atoms with van der Waals surface area (Å²) in [6.45, 7) is 1.82. The second-order valence-corrected chi connectivity index (χ2v) is 7.93. The number of nitrogens with zero attached hydrogens (tertiary/aromatic N) is 1. The fourth-order valence-corrected chi connectivity index (χ4v) is 5.33. The van der Waals surface area contributed by atoms with Crippen molar-refractivity contribution in [1.29, 1.82) is 5.26 Å². The molecule has 8 heteroatoms. The van der Waals surface area contributed by atoms with E-state index < -0.39 is 5.97 Å². The zero-order valence-corrected chi connectivity index (χ0v) is 15.4. The van der Waals surface area contributed by atoms with Crippen LogP contribution in [0.1, 0.15) is 30.9 Å². The molecular weight excluding hydrogens is 400 g/mol. The molecule has 0 saturated heterocycles. The van der Waals surface area contributed by atoms with Crippen LogP contribution >= 0.6 is 38.6 Å². The number of halogens is 1. The normalized spacial score (nSPS) is 16.5.